The second-order valence-electron chi connectivity index (χ2n) is 20.3. The third-order valence-corrected chi connectivity index (χ3v) is 16.4. The second kappa shape index (κ2) is 15.3. The molecule has 0 amide bonds. The van der Waals surface area contributed by atoms with Gasteiger partial charge in [-0.05, 0) is 109 Å². The number of nitrogens with zero attached hydrogens (tertiary/aromatic N) is 2. The number of fused-ring (bicyclic) bond motifs is 9. The summed E-state index contributed by atoms with van der Waals surface area (Å²) in [7, 11) is 0. The molecule has 0 N–H and O–H groups in total. The topological polar surface area (TPSA) is 8.17 Å². The number of aromatic nitrogens is 1. The van der Waals surface area contributed by atoms with E-state index in [1.54, 1.807) is 0 Å². The van der Waals surface area contributed by atoms with Gasteiger partial charge in [0, 0.05) is 38.6 Å². The number of para-hydroxylation sites is 2. The van der Waals surface area contributed by atoms with Gasteiger partial charge in [-0.3, -0.25) is 0 Å². The maximum Gasteiger partial charge on any atom is 0.0782 e. The minimum Gasteiger partial charge on any atom is -0.308 e. The molecular formula is C70H48N2. The molecule has 0 saturated heterocycles. The maximum absolute atomic E-state index is 2.63. The Labute approximate surface area is 420 Å². The summed E-state index contributed by atoms with van der Waals surface area (Å²) in [6, 6.07) is 95.5. The van der Waals surface area contributed by atoms with Gasteiger partial charge in [-0.25, -0.2) is 0 Å². The van der Waals surface area contributed by atoms with Crippen molar-refractivity contribution < 1.29 is 0 Å². The van der Waals surface area contributed by atoms with Crippen LogP contribution in [0.3, 0.4) is 0 Å². The van der Waals surface area contributed by atoms with Crippen LogP contribution in [0.5, 0.6) is 0 Å². The Morgan fingerprint density at radius 3 is 1.67 bits per heavy atom. The zero-order valence-corrected chi connectivity index (χ0v) is 40.1. The van der Waals surface area contributed by atoms with Gasteiger partial charge >= 0.3 is 0 Å². The van der Waals surface area contributed by atoms with E-state index in [9.17, 15) is 0 Å². The Hall–Kier alpha value is -8.98. The van der Waals surface area contributed by atoms with E-state index in [1.807, 2.05) is 0 Å². The van der Waals surface area contributed by atoms with Gasteiger partial charge in [-0.15, -0.1) is 0 Å². The zero-order chi connectivity index (χ0) is 47.7. The fourth-order valence-electron chi connectivity index (χ4n) is 13.3. The fraction of sp³-hybridized carbons (Fsp3) is 0.0571. The van der Waals surface area contributed by atoms with Crippen LogP contribution in [0.15, 0.2) is 255 Å². The van der Waals surface area contributed by atoms with E-state index in [-0.39, 0.29) is 5.41 Å². The van der Waals surface area contributed by atoms with Crippen LogP contribution in [-0.2, 0) is 10.8 Å². The first-order valence-corrected chi connectivity index (χ1v) is 25.3. The minimum absolute atomic E-state index is 0.158. The van der Waals surface area contributed by atoms with Crippen molar-refractivity contribution in [1.82, 2.24) is 4.57 Å². The van der Waals surface area contributed by atoms with E-state index in [0.29, 0.717) is 0 Å². The molecule has 0 bridgehead atoms. The van der Waals surface area contributed by atoms with Crippen molar-refractivity contribution in [1.29, 1.82) is 0 Å². The van der Waals surface area contributed by atoms with Crippen LogP contribution < -0.4 is 4.90 Å². The normalized spacial score (nSPS) is 13.9. The van der Waals surface area contributed by atoms with E-state index in [1.165, 1.54) is 105 Å². The first-order chi connectivity index (χ1) is 35.5. The Bertz CT molecular complexity index is 4120. The predicted molar refractivity (Wildman–Crippen MR) is 300 cm³/mol. The molecule has 0 unspecified atom stereocenters. The summed E-state index contributed by atoms with van der Waals surface area (Å²) in [5, 5.41) is 2.49. The first-order valence-electron chi connectivity index (χ1n) is 25.3. The highest BCUT2D eigenvalue weighted by Crippen LogP contribution is 2.61. The summed E-state index contributed by atoms with van der Waals surface area (Å²) < 4.78 is 2.63. The quantitative estimate of drug-likeness (QED) is 0.155. The predicted octanol–water partition coefficient (Wildman–Crippen LogP) is 18.2. The van der Waals surface area contributed by atoms with Crippen LogP contribution in [0.1, 0.15) is 47.2 Å². The van der Waals surface area contributed by atoms with Crippen LogP contribution >= 0.6 is 0 Å². The highest BCUT2D eigenvalue weighted by atomic mass is 15.2. The minimum atomic E-state index is -0.578. The molecule has 0 saturated carbocycles. The fourth-order valence-corrected chi connectivity index (χ4v) is 13.3. The van der Waals surface area contributed by atoms with Gasteiger partial charge in [0.1, 0.15) is 0 Å². The van der Waals surface area contributed by atoms with Crippen LogP contribution in [-0.4, -0.2) is 4.57 Å². The average molecular weight is 917 g/mol. The number of hydrogen-bond donors (Lipinski definition) is 0. The van der Waals surface area contributed by atoms with Crippen molar-refractivity contribution in [3.8, 4) is 61.3 Å². The average Bonchev–Trinajstić information content (AvgIpc) is 3.99. The number of anilines is 3. The summed E-state index contributed by atoms with van der Waals surface area (Å²) in [4.78, 5) is 2.59. The molecular weight excluding hydrogens is 869 g/mol. The van der Waals surface area contributed by atoms with Gasteiger partial charge in [0.05, 0.1) is 33.5 Å². The zero-order valence-electron chi connectivity index (χ0n) is 40.1. The molecule has 0 spiro atoms. The lowest BCUT2D eigenvalue weighted by Crippen LogP contribution is -2.28. The van der Waals surface area contributed by atoms with E-state index in [4.69, 9.17) is 0 Å². The third kappa shape index (κ3) is 5.49. The van der Waals surface area contributed by atoms with E-state index < -0.39 is 5.41 Å². The van der Waals surface area contributed by atoms with Crippen molar-refractivity contribution in [2.75, 3.05) is 4.90 Å². The van der Waals surface area contributed by atoms with Gasteiger partial charge in [0.25, 0.3) is 0 Å². The Kier molecular flexibility index (Phi) is 8.66. The molecule has 2 heteroatoms. The van der Waals surface area contributed by atoms with Crippen LogP contribution in [0.2, 0.25) is 0 Å². The largest absolute Gasteiger partial charge is 0.308 e. The lowest BCUT2D eigenvalue weighted by atomic mass is 9.67. The highest BCUT2D eigenvalue weighted by molar-refractivity contribution is 6.21. The molecule has 2 nitrogen and oxygen atoms in total. The number of rotatable bonds is 7. The Morgan fingerprint density at radius 1 is 0.333 bits per heavy atom. The Balaban J connectivity index is 1.09. The highest BCUT2D eigenvalue weighted by Gasteiger charge is 2.47. The van der Waals surface area contributed by atoms with E-state index in [0.717, 1.165) is 28.2 Å². The molecule has 72 heavy (non-hydrogen) atoms. The molecule has 15 rings (SSSR count). The molecule has 1 aliphatic heterocycles. The van der Waals surface area contributed by atoms with E-state index in [2.05, 4.69) is 278 Å². The second-order valence-corrected chi connectivity index (χ2v) is 20.3. The van der Waals surface area contributed by atoms with Gasteiger partial charge in [0.15, 0.2) is 0 Å². The van der Waals surface area contributed by atoms with Crippen molar-refractivity contribution >= 4 is 38.9 Å². The number of hydrogen-bond acceptors (Lipinski definition) is 1. The molecule has 0 atom stereocenters. The van der Waals surface area contributed by atoms with Gasteiger partial charge < -0.3 is 9.47 Å². The summed E-state index contributed by atoms with van der Waals surface area (Å²) in [5.74, 6) is 0. The van der Waals surface area contributed by atoms with Crippen LogP contribution in [0.4, 0.5) is 17.1 Å². The molecule has 2 heterocycles. The van der Waals surface area contributed by atoms with Crippen molar-refractivity contribution in [2.45, 2.75) is 24.7 Å². The lowest BCUT2D eigenvalue weighted by molar-refractivity contribution is 0.661. The molecule has 0 radical (unpaired) electrons. The summed E-state index contributed by atoms with van der Waals surface area (Å²) in [5.41, 5.74) is 26.5. The molecule has 3 aliphatic rings. The Morgan fingerprint density at radius 2 is 0.917 bits per heavy atom. The SMILES string of the molecule is CC1(C)c2cccc3c2-c2c1ccc1c4cccc(N(c5ccc6c(c5)C(c5ccccc5)(c5ccccc5)c5ccccc5-6)c5ccc(-c6ccccc6)cc5-c5ccccc5)c4n(c21)-c1ccccc1-3. The molecule has 338 valence electrons. The van der Waals surface area contributed by atoms with Gasteiger partial charge in [-0.1, -0.05) is 232 Å². The van der Waals surface area contributed by atoms with Crippen LogP contribution in [0, 0.1) is 0 Å². The van der Waals surface area contributed by atoms with E-state index >= 15 is 0 Å². The third-order valence-electron chi connectivity index (χ3n) is 16.4. The smallest absolute Gasteiger partial charge is 0.0782 e. The summed E-state index contributed by atoms with van der Waals surface area (Å²) in [6.07, 6.45) is 0. The lowest BCUT2D eigenvalue weighted by Gasteiger charge is -2.35. The van der Waals surface area contributed by atoms with Crippen molar-refractivity contribution in [2.24, 2.45) is 0 Å². The maximum atomic E-state index is 2.63. The van der Waals surface area contributed by atoms with Gasteiger partial charge in [-0.2, -0.15) is 0 Å². The monoisotopic (exact) mass is 916 g/mol. The molecule has 11 aromatic carbocycles. The van der Waals surface area contributed by atoms with Crippen molar-refractivity contribution in [3.05, 3.63) is 288 Å². The summed E-state index contributed by atoms with van der Waals surface area (Å²) >= 11 is 0. The van der Waals surface area contributed by atoms with Crippen molar-refractivity contribution in [3.63, 3.8) is 0 Å². The molecule has 2 aliphatic carbocycles. The number of benzene rings is 11. The standard InChI is InChI=1S/C70H48N2/c1-69(2)59-34-19-31-54-53-30-16-18-35-62(53)72-67-55(56-40-41-60(69)66(65(54)59)68(56)72)32-20-36-64(67)71(63-42-37-47(45-21-7-3-8-22-45)43-57(63)46-23-9-4-10-24-46)50-38-39-52-51-29-15-17-33-58(51)70(61(52)44-50,48-25-11-5-12-26-48)49-27-13-6-14-28-49/h3-44H,1-2H3. The molecule has 12 aromatic rings. The van der Waals surface area contributed by atoms with Crippen LogP contribution in [0.25, 0.3) is 83.1 Å². The summed E-state index contributed by atoms with van der Waals surface area (Å²) in [6.45, 7) is 4.81. The molecule has 0 fully saturated rings. The molecule has 1 aromatic heterocycles. The first kappa shape index (κ1) is 40.9. The van der Waals surface area contributed by atoms with Gasteiger partial charge in [0.2, 0.25) is 0 Å².